The molecule has 0 unspecified atom stereocenters. The molecule has 1 amide bonds. The molecule has 1 saturated carbocycles. The lowest BCUT2D eigenvalue weighted by atomic mass is 10.0. The van der Waals surface area contributed by atoms with E-state index in [4.69, 9.17) is 11.6 Å². The molecule has 0 aromatic heterocycles. The van der Waals surface area contributed by atoms with Crippen LogP contribution in [0.3, 0.4) is 0 Å². The molecule has 0 bridgehead atoms. The molecule has 2 aromatic rings. The highest BCUT2D eigenvalue weighted by Gasteiger charge is 2.31. The average Bonchev–Trinajstić information content (AvgIpc) is 3.50. The van der Waals surface area contributed by atoms with Crippen molar-refractivity contribution < 1.29 is 4.79 Å². The molecule has 150 valence electrons. The van der Waals surface area contributed by atoms with E-state index in [0.29, 0.717) is 11.4 Å². The Morgan fingerprint density at radius 1 is 0.964 bits per heavy atom. The van der Waals surface area contributed by atoms with E-state index in [2.05, 4.69) is 4.90 Å². The van der Waals surface area contributed by atoms with Crippen LogP contribution in [-0.4, -0.2) is 36.5 Å². The van der Waals surface area contributed by atoms with Crippen LogP contribution in [0.1, 0.15) is 31.2 Å². The number of carbonyl (C=O) groups is 1. The highest BCUT2D eigenvalue weighted by Crippen LogP contribution is 2.32. The van der Waals surface area contributed by atoms with Gasteiger partial charge in [0.2, 0.25) is 5.91 Å². The zero-order valence-corrected chi connectivity index (χ0v) is 17.7. The van der Waals surface area contributed by atoms with Gasteiger partial charge in [0, 0.05) is 36.4 Å². The second-order valence-corrected chi connectivity index (χ2v) is 8.31. The third-order valence-electron chi connectivity index (χ3n) is 5.71. The van der Waals surface area contributed by atoms with E-state index in [1.54, 1.807) is 0 Å². The Hall–Kier alpha value is -1.55. The van der Waals surface area contributed by atoms with E-state index < -0.39 is 0 Å². The monoisotopic (exact) mass is 418 g/mol. The van der Waals surface area contributed by atoms with Gasteiger partial charge in [-0.3, -0.25) is 4.79 Å². The van der Waals surface area contributed by atoms with Crippen LogP contribution in [0.4, 0.5) is 5.69 Å². The van der Waals surface area contributed by atoms with Crippen LogP contribution in [0.25, 0.3) is 0 Å². The van der Waals surface area contributed by atoms with E-state index in [1.807, 2.05) is 59.5 Å². The summed E-state index contributed by atoms with van der Waals surface area (Å²) in [6.45, 7) is 3.42. The van der Waals surface area contributed by atoms with Crippen molar-refractivity contribution in [1.29, 1.82) is 0 Å². The minimum absolute atomic E-state index is 0. The number of amides is 1. The number of carbonyl (C=O) groups excluding carboxylic acids is 1. The van der Waals surface area contributed by atoms with Crippen LogP contribution in [-0.2, 0) is 11.2 Å². The molecule has 1 saturated heterocycles. The Bertz CT molecular complexity index is 754. The Kier molecular flexibility index (Phi) is 7.39. The summed E-state index contributed by atoms with van der Waals surface area (Å²) in [5.74, 6) is 1.10. The Morgan fingerprint density at radius 3 is 2.21 bits per heavy atom. The van der Waals surface area contributed by atoms with Gasteiger partial charge in [0.05, 0.1) is 6.42 Å². The summed E-state index contributed by atoms with van der Waals surface area (Å²) in [5, 5.41) is 0.702. The SMILES string of the molecule is Cl.O=C(Cc1ccccc1)N(c1ccc(Cl)cc1)C1CCN(CC2CC2)CC1. The van der Waals surface area contributed by atoms with Crippen molar-refractivity contribution in [3.8, 4) is 0 Å². The lowest BCUT2D eigenvalue weighted by Crippen LogP contribution is -2.48. The van der Waals surface area contributed by atoms with E-state index in [9.17, 15) is 4.79 Å². The maximum Gasteiger partial charge on any atom is 0.231 e. The number of halogens is 2. The molecule has 28 heavy (non-hydrogen) atoms. The molecule has 0 N–H and O–H groups in total. The molecule has 1 heterocycles. The minimum Gasteiger partial charge on any atom is -0.309 e. The van der Waals surface area contributed by atoms with Crippen molar-refractivity contribution in [2.24, 2.45) is 5.92 Å². The minimum atomic E-state index is 0. The van der Waals surface area contributed by atoms with Gasteiger partial charge in [0.25, 0.3) is 0 Å². The standard InChI is InChI=1S/C23H27ClN2O.ClH/c24-20-8-10-21(11-9-20)26(23(27)16-18-4-2-1-3-5-18)22-12-14-25(15-13-22)17-19-6-7-19;/h1-5,8-11,19,22H,6-7,12-17H2;1H. The molecule has 0 radical (unpaired) electrons. The average molecular weight is 419 g/mol. The predicted octanol–water partition coefficient (Wildman–Crippen LogP) is 5.21. The lowest BCUT2D eigenvalue weighted by Gasteiger charge is -2.39. The first-order valence-corrected chi connectivity index (χ1v) is 10.4. The predicted molar refractivity (Wildman–Crippen MR) is 119 cm³/mol. The molecule has 2 aromatic carbocycles. The van der Waals surface area contributed by atoms with Crippen LogP contribution in [0.2, 0.25) is 5.02 Å². The fourth-order valence-corrected chi connectivity index (χ4v) is 4.17. The Morgan fingerprint density at radius 2 is 1.61 bits per heavy atom. The zero-order valence-electron chi connectivity index (χ0n) is 16.1. The third kappa shape index (κ3) is 5.50. The van der Waals surface area contributed by atoms with Crippen LogP contribution in [0.15, 0.2) is 54.6 Å². The van der Waals surface area contributed by atoms with Gasteiger partial charge in [-0.1, -0.05) is 41.9 Å². The molecule has 2 aliphatic rings. The van der Waals surface area contributed by atoms with Crippen molar-refractivity contribution in [3.63, 3.8) is 0 Å². The molecular weight excluding hydrogens is 391 g/mol. The first kappa shape index (κ1) is 21.2. The fourth-order valence-electron chi connectivity index (χ4n) is 4.04. The van der Waals surface area contributed by atoms with Gasteiger partial charge in [0.15, 0.2) is 0 Å². The Balaban J connectivity index is 0.00000225. The van der Waals surface area contributed by atoms with Gasteiger partial charge in [-0.2, -0.15) is 0 Å². The van der Waals surface area contributed by atoms with E-state index in [1.165, 1.54) is 19.4 Å². The van der Waals surface area contributed by atoms with Crippen molar-refractivity contribution in [3.05, 3.63) is 65.2 Å². The second-order valence-electron chi connectivity index (χ2n) is 7.88. The lowest BCUT2D eigenvalue weighted by molar-refractivity contribution is -0.118. The first-order chi connectivity index (χ1) is 13.2. The molecule has 5 heteroatoms. The number of piperidine rings is 1. The number of likely N-dealkylation sites (tertiary alicyclic amines) is 1. The quantitative estimate of drug-likeness (QED) is 0.642. The summed E-state index contributed by atoms with van der Waals surface area (Å²) in [7, 11) is 0. The van der Waals surface area contributed by atoms with Crippen LogP contribution >= 0.6 is 24.0 Å². The van der Waals surface area contributed by atoms with Gasteiger partial charge in [-0.15, -0.1) is 12.4 Å². The maximum atomic E-state index is 13.2. The summed E-state index contributed by atoms with van der Waals surface area (Å²) in [4.78, 5) is 17.9. The topological polar surface area (TPSA) is 23.6 Å². The normalized spacial score (nSPS) is 17.8. The number of hydrogen-bond acceptors (Lipinski definition) is 2. The molecule has 0 atom stereocenters. The van der Waals surface area contributed by atoms with E-state index in [-0.39, 0.29) is 24.4 Å². The summed E-state index contributed by atoms with van der Waals surface area (Å²) < 4.78 is 0. The number of rotatable bonds is 6. The Labute approximate surface area is 179 Å². The first-order valence-electron chi connectivity index (χ1n) is 10.0. The van der Waals surface area contributed by atoms with Crippen molar-refractivity contribution in [2.75, 3.05) is 24.5 Å². The summed E-state index contributed by atoms with van der Waals surface area (Å²) in [5.41, 5.74) is 2.02. The fraction of sp³-hybridized carbons (Fsp3) is 0.435. The van der Waals surface area contributed by atoms with Gasteiger partial charge >= 0.3 is 0 Å². The molecule has 2 fully saturated rings. The zero-order chi connectivity index (χ0) is 18.6. The third-order valence-corrected chi connectivity index (χ3v) is 5.96. The largest absolute Gasteiger partial charge is 0.309 e. The van der Waals surface area contributed by atoms with Crippen molar-refractivity contribution in [1.82, 2.24) is 4.90 Å². The van der Waals surface area contributed by atoms with Crippen LogP contribution in [0, 0.1) is 5.92 Å². The number of nitrogens with zero attached hydrogens (tertiary/aromatic N) is 2. The summed E-state index contributed by atoms with van der Waals surface area (Å²) in [6, 6.07) is 18.0. The molecule has 3 nitrogen and oxygen atoms in total. The number of hydrogen-bond donors (Lipinski definition) is 0. The van der Waals surface area contributed by atoms with Crippen LogP contribution in [0.5, 0.6) is 0 Å². The molecule has 1 aliphatic carbocycles. The summed E-state index contributed by atoms with van der Waals surface area (Å²) >= 11 is 6.07. The van der Waals surface area contributed by atoms with Gasteiger partial charge in [-0.25, -0.2) is 0 Å². The van der Waals surface area contributed by atoms with Gasteiger partial charge < -0.3 is 9.80 Å². The van der Waals surface area contributed by atoms with Crippen molar-refractivity contribution in [2.45, 2.75) is 38.1 Å². The molecule has 1 aliphatic heterocycles. The molecule has 4 rings (SSSR count). The number of anilines is 1. The molecular formula is C23H28Cl2N2O. The van der Waals surface area contributed by atoms with Crippen LogP contribution < -0.4 is 4.90 Å². The highest BCUT2D eigenvalue weighted by atomic mass is 35.5. The van der Waals surface area contributed by atoms with E-state index in [0.717, 1.165) is 43.1 Å². The van der Waals surface area contributed by atoms with E-state index >= 15 is 0 Å². The number of benzene rings is 2. The summed E-state index contributed by atoms with van der Waals surface area (Å²) in [6.07, 6.45) is 5.30. The maximum absolute atomic E-state index is 13.2. The molecule has 0 spiro atoms. The van der Waals surface area contributed by atoms with Crippen molar-refractivity contribution >= 4 is 35.6 Å². The second kappa shape index (κ2) is 9.78. The smallest absolute Gasteiger partial charge is 0.231 e. The van der Waals surface area contributed by atoms with Gasteiger partial charge in [-0.05, 0) is 61.4 Å². The highest BCUT2D eigenvalue weighted by molar-refractivity contribution is 6.30. The van der Waals surface area contributed by atoms with Gasteiger partial charge in [0.1, 0.15) is 0 Å².